The second-order valence-electron chi connectivity index (χ2n) is 11.9. The van der Waals surface area contributed by atoms with Crippen LogP contribution in [0.3, 0.4) is 0 Å². The van der Waals surface area contributed by atoms with Crippen LogP contribution in [0.2, 0.25) is 0 Å². The summed E-state index contributed by atoms with van der Waals surface area (Å²) in [5, 5.41) is 3.15. The van der Waals surface area contributed by atoms with Crippen molar-refractivity contribution in [2.45, 2.75) is 83.3 Å². The lowest BCUT2D eigenvalue weighted by Gasteiger charge is -2.35. The second-order valence-corrected chi connectivity index (χ2v) is 11.9. The maximum atomic E-state index is 13.1. The van der Waals surface area contributed by atoms with E-state index in [9.17, 15) is 9.18 Å². The number of likely N-dealkylation sites (tertiary alicyclic amines) is 1. The Morgan fingerprint density at radius 1 is 1.03 bits per heavy atom. The Balaban J connectivity index is 1.26. The fourth-order valence-corrected chi connectivity index (χ4v) is 6.06. The summed E-state index contributed by atoms with van der Waals surface area (Å²) in [4.78, 5) is 15.1. The van der Waals surface area contributed by atoms with E-state index in [0.717, 1.165) is 44.8 Å². The Hall–Kier alpha value is -2.40. The number of hydrogen-bond donors (Lipinski definition) is 1. The van der Waals surface area contributed by atoms with Gasteiger partial charge in [-0.05, 0) is 113 Å². The highest BCUT2D eigenvalue weighted by atomic mass is 19.1. The van der Waals surface area contributed by atoms with Gasteiger partial charge in [-0.25, -0.2) is 9.18 Å². The number of ether oxygens (including phenoxy) is 1. The third-order valence-electron chi connectivity index (χ3n) is 7.83. The number of amides is 1. The molecule has 2 aromatic rings. The van der Waals surface area contributed by atoms with Crippen LogP contribution in [0, 0.1) is 17.7 Å². The first kappa shape index (κ1) is 26.7. The molecule has 1 amide bonds. The zero-order valence-corrected chi connectivity index (χ0v) is 22.2. The van der Waals surface area contributed by atoms with E-state index in [-0.39, 0.29) is 18.0 Å². The Kier molecular flexibility index (Phi) is 9.05. The first-order valence-electron chi connectivity index (χ1n) is 13.8. The number of alkyl carbamates (subject to hydrolysis) is 1. The Morgan fingerprint density at radius 3 is 2.39 bits per heavy atom. The van der Waals surface area contributed by atoms with E-state index < -0.39 is 5.60 Å². The van der Waals surface area contributed by atoms with E-state index >= 15 is 0 Å². The normalized spacial score (nSPS) is 23.5. The van der Waals surface area contributed by atoms with Crippen molar-refractivity contribution in [1.29, 1.82) is 0 Å². The van der Waals surface area contributed by atoms with Crippen molar-refractivity contribution in [3.05, 3.63) is 71.5 Å². The number of halogens is 1. The maximum absolute atomic E-state index is 13.1. The molecule has 4 nitrogen and oxygen atoms in total. The number of carbonyl (C=O) groups is 1. The molecule has 0 bridgehead atoms. The van der Waals surface area contributed by atoms with Crippen LogP contribution >= 0.6 is 0 Å². The van der Waals surface area contributed by atoms with Gasteiger partial charge < -0.3 is 15.0 Å². The molecule has 5 heteroatoms. The quantitative estimate of drug-likeness (QED) is 0.432. The maximum Gasteiger partial charge on any atom is 0.407 e. The number of nitrogens with zero attached hydrogens (tertiary/aromatic N) is 1. The Bertz CT molecular complexity index is 949. The molecule has 36 heavy (non-hydrogen) atoms. The van der Waals surface area contributed by atoms with Crippen LogP contribution in [0.5, 0.6) is 0 Å². The zero-order valence-electron chi connectivity index (χ0n) is 22.2. The highest BCUT2D eigenvalue weighted by Gasteiger charge is 2.37. The summed E-state index contributed by atoms with van der Waals surface area (Å²) in [6, 6.07) is 17.9. The number of benzene rings is 2. The van der Waals surface area contributed by atoms with Crippen LogP contribution < -0.4 is 5.32 Å². The van der Waals surface area contributed by atoms with Gasteiger partial charge in [0.1, 0.15) is 11.4 Å². The van der Waals surface area contributed by atoms with Crippen molar-refractivity contribution < 1.29 is 13.9 Å². The average Bonchev–Trinajstić information content (AvgIpc) is 3.22. The molecule has 3 atom stereocenters. The third-order valence-corrected chi connectivity index (χ3v) is 7.83. The molecule has 0 aromatic heterocycles. The smallest absolute Gasteiger partial charge is 0.407 e. The number of aryl methyl sites for hydroxylation is 1. The summed E-state index contributed by atoms with van der Waals surface area (Å²) >= 11 is 0. The molecule has 1 N–H and O–H groups in total. The second kappa shape index (κ2) is 12.2. The fourth-order valence-electron chi connectivity index (χ4n) is 6.06. The van der Waals surface area contributed by atoms with Crippen molar-refractivity contribution in [3.8, 4) is 0 Å². The summed E-state index contributed by atoms with van der Waals surface area (Å²) < 4.78 is 18.6. The molecule has 196 valence electrons. The van der Waals surface area contributed by atoms with Crippen molar-refractivity contribution in [3.63, 3.8) is 0 Å². The molecule has 4 rings (SSSR count). The average molecular weight is 495 g/mol. The SMILES string of the molecule is CC(C)(C)OC(=O)NC1CC(CN2CCC(CCCc3ccc(F)cc3)CC2)C(c2ccccc2)C1. The van der Waals surface area contributed by atoms with Crippen molar-refractivity contribution in [1.82, 2.24) is 10.2 Å². The van der Waals surface area contributed by atoms with Gasteiger partial charge in [0.25, 0.3) is 0 Å². The van der Waals surface area contributed by atoms with Gasteiger partial charge in [-0.15, -0.1) is 0 Å². The minimum Gasteiger partial charge on any atom is -0.444 e. The van der Waals surface area contributed by atoms with Gasteiger partial charge in [-0.1, -0.05) is 48.9 Å². The highest BCUT2D eigenvalue weighted by Crippen LogP contribution is 2.41. The lowest BCUT2D eigenvalue weighted by Crippen LogP contribution is -2.39. The predicted molar refractivity (Wildman–Crippen MR) is 144 cm³/mol. The summed E-state index contributed by atoms with van der Waals surface area (Å²) in [5.41, 5.74) is 2.13. The van der Waals surface area contributed by atoms with Gasteiger partial charge in [-0.2, -0.15) is 0 Å². The van der Waals surface area contributed by atoms with Crippen molar-refractivity contribution in [2.75, 3.05) is 19.6 Å². The van der Waals surface area contributed by atoms with Crippen LogP contribution in [0.1, 0.15) is 76.3 Å². The molecule has 2 aromatic carbocycles. The van der Waals surface area contributed by atoms with E-state index in [0.29, 0.717) is 11.8 Å². The van der Waals surface area contributed by atoms with Crippen LogP contribution in [-0.2, 0) is 11.2 Å². The molecule has 2 aliphatic rings. The molecule has 3 unspecified atom stereocenters. The van der Waals surface area contributed by atoms with E-state index in [1.165, 1.54) is 36.8 Å². The van der Waals surface area contributed by atoms with E-state index in [2.05, 4.69) is 40.5 Å². The number of nitrogens with one attached hydrogen (secondary N) is 1. The van der Waals surface area contributed by atoms with Gasteiger partial charge in [0, 0.05) is 12.6 Å². The summed E-state index contributed by atoms with van der Waals surface area (Å²) in [5.74, 6) is 1.62. The van der Waals surface area contributed by atoms with Gasteiger partial charge in [0.2, 0.25) is 0 Å². The van der Waals surface area contributed by atoms with E-state index in [4.69, 9.17) is 4.74 Å². The number of piperidine rings is 1. The molecular formula is C31H43FN2O2. The summed E-state index contributed by atoms with van der Waals surface area (Å²) in [6.45, 7) is 9.12. The van der Waals surface area contributed by atoms with Gasteiger partial charge in [-0.3, -0.25) is 0 Å². The topological polar surface area (TPSA) is 41.6 Å². The number of carbonyl (C=O) groups excluding carboxylic acids is 1. The van der Waals surface area contributed by atoms with Crippen LogP contribution in [0.25, 0.3) is 0 Å². The molecule has 1 saturated heterocycles. The van der Waals surface area contributed by atoms with Gasteiger partial charge in [0.15, 0.2) is 0 Å². The highest BCUT2D eigenvalue weighted by molar-refractivity contribution is 5.68. The van der Waals surface area contributed by atoms with E-state index in [1.807, 2.05) is 32.9 Å². The van der Waals surface area contributed by atoms with E-state index in [1.54, 1.807) is 12.1 Å². The third kappa shape index (κ3) is 8.06. The molecular weight excluding hydrogens is 451 g/mol. The van der Waals surface area contributed by atoms with Crippen molar-refractivity contribution >= 4 is 6.09 Å². The molecule has 1 saturated carbocycles. The largest absolute Gasteiger partial charge is 0.444 e. The standard InChI is InChI=1S/C31H43FN2O2/c1-31(2,3)36-30(35)33-28-20-26(29(21-28)25-10-5-4-6-11-25)22-34-18-16-24(17-19-34)9-7-8-23-12-14-27(32)15-13-23/h4-6,10-15,24,26,28-29H,7-9,16-22H2,1-3H3,(H,33,35). The first-order chi connectivity index (χ1) is 17.2. The lowest BCUT2D eigenvalue weighted by molar-refractivity contribution is 0.0503. The molecule has 0 radical (unpaired) electrons. The lowest BCUT2D eigenvalue weighted by atomic mass is 9.87. The molecule has 1 aliphatic heterocycles. The monoisotopic (exact) mass is 494 g/mol. The summed E-state index contributed by atoms with van der Waals surface area (Å²) in [6.07, 6.45) is 7.63. The zero-order chi connectivity index (χ0) is 25.5. The van der Waals surface area contributed by atoms with Crippen LogP contribution in [0.4, 0.5) is 9.18 Å². The molecule has 1 aliphatic carbocycles. The van der Waals surface area contributed by atoms with Crippen LogP contribution in [0.15, 0.2) is 54.6 Å². The van der Waals surface area contributed by atoms with Gasteiger partial charge in [0.05, 0.1) is 0 Å². The number of hydrogen-bond acceptors (Lipinski definition) is 3. The summed E-state index contributed by atoms with van der Waals surface area (Å²) in [7, 11) is 0. The first-order valence-corrected chi connectivity index (χ1v) is 13.8. The minimum atomic E-state index is -0.482. The molecule has 0 spiro atoms. The Labute approximate surface area is 216 Å². The Morgan fingerprint density at radius 2 is 1.72 bits per heavy atom. The molecule has 2 fully saturated rings. The van der Waals surface area contributed by atoms with Gasteiger partial charge >= 0.3 is 6.09 Å². The molecule has 1 heterocycles. The van der Waals surface area contributed by atoms with Crippen molar-refractivity contribution in [2.24, 2.45) is 11.8 Å². The number of rotatable bonds is 8. The fraction of sp³-hybridized carbons (Fsp3) is 0.581. The van der Waals surface area contributed by atoms with Crippen LogP contribution in [-0.4, -0.2) is 42.3 Å². The minimum absolute atomic E-state index is 0.152. The predicted octanol–water partition coefficient (Wildman–Crippen LogP) is 6.95.